The van der Waals surface area contributed by atoms with E-state index in [2.05, 4.69) is 0 Å². The average molecular weight is 374 g/mol. The van der Waals surface area contributed by atoms with Crippen LogP contribution in [-0.2, 0) is 32.2 Å². The highest BCUT2D eigenvalue weighted by molar-refractivity contribution is 5.14. The van der Waals surface area contributed by atoms with Gasteiger partial charge in [-0.25, -0.2) is 0 Å². The van der Waals surface area contributed by atoms with E-state index >= 15 is 0 Å². The smallest absolute Gasteiger partial charge is 0.186 e. The van der Waals surface area contributed by atoms with E-state index in [9.17, 15) is 10.2 Å². The van der Waals surface area contributed by atoms with Crippen molar-refractivity contribution in [1.82, 2.24) is 0 Å². The lowest BCUT2D eigenvalue weighted by Crippen LogP contribution is -2.59. The van der Waals surface area contributed by atoms with Crippen LogP contribution in [0.3, 0.4) is 0 Å². The Kier molecular flexibility index (Phi) is 7.34. The molecule has 2 aromatic rings. The van der Waals surface area contributed by atoms with E-state index in [1.807, 2.05) is 60.7 Å². The largest absolute Gasteiger partial charge is 0.387 e. The summed E-state index contributed by atoms with van der Waals surface area (Å²) in [6, 6.07) is 19.3. The Morgan fingerprint density at radius 3 is 2.04 bits per heavy atom. The monoisotopic (exact) mass is 374 g/mol. The summed E-state index contributed by atoms with van der Waals surface area (Å²) in [6.45, 7) is 0.821. The number of hydrogen-bond acceptors (Lipinski definition) is 6. The molecular weight excluding hydrogens is 348 g/mol. The Morgan fingerprint density at radius 2 is 1.44 bits per heavy atom. The third kappa shape index (κ3) is 5.35. The number of benzene rings is 2. The van der Waals surface area contributed by atoms with Crippen molar-refractivity contribution in [3.05, 3.63) is 71.8 Å². The summed E-state index contributed by atoms with van der Waals surface area (Å²) < 4.78 is 22.5. The molecule has 1 heterocycles. The Morgan fingerprint density at radius 1 is 0.852 bits per heavy atom. The Balaban J connectivity index is 1.54. The average Bonchev–Trinajstić information content (AvgIpc) is 2.72. The molecule has 0 amide bonds. The topological polar surface area (TPSA) is 77.4 Å². The van der Waals surface area contributed by atoms with E-state index in [0.717, 1.165) is 11.1 Å². The molecule has 1 saturated heterocycles. The lowest BCUT2D eigenvalue weighted by molar-refractivity contribution is -0.307. The first kappa shape index (κ1) is 19.9. The maximum atomic E-state index is 10.5. The molecule has 27 heavy (non-hydrogen) atoms. The molecule has 0 radical (unpaired) electrons. The van der Waals surface area contributed by atoms with Crippen LogP contribution < -0.4 is 0 Å². The van der Waals surface area contributed by atoms with E-state index in [1.165, 1.54) is 7.11 Å². The van der Waals surface area contributed by atoms with Gasteiger partial charge in [0, 0.05) is 7.11 Å². The number of methoxy groups -OCH3 is 1. The first-order valence-corrected chi connectivity index (χ1v) is 9.00. The van der Waals surface area contributed by atoms with Crippen molar-refractivity contribution in [2.45, 2.75) is 43.9 Å². The molecule has 6 heteroatoms. The minimum absolute atomic E-state index is 0.137. The normalized spacial score (nSPS) is 28.2. The minimum Gasteiger partial charge on any atom is -0.387 e. The minimum atomic E-state index is -1.14. The molecule has 0 bridgehead atoms. The molecule has 2 aromatic carbocycles. The van der Waals surface area contributed by atoms with E-state index in [0.29, 0.717) is 6.61 Å². The first-order chi connectivity index (χ1) is 13.2. The maximum absolute atomic E-state index is 10.5. The zero-order valence-electron chi connectivity index (χ0n) is 15.3. The van der Waals surface area contributed by atoms with Crippen LogP contribution in [-0.4, -0.2) is 54.6 Å². The van der Waals surface area contributed by atoms with Crippen molar-refractivity contribution in [2.24, 2.45) is 0 Å². The van der Waals surface area contributed by atoms with Gasteiger partial charge in [0.1, 0.15) is 24.4 Å². The molecule has 146 valence electrons. The SMILES string of the molecule is CO[C@H]1O[C@H](COCc2ccccc2)[C@H](O)[C@H](O)[C@H]1OCc1ccccc1. The van der Waals surface area contributed by atoms with Crippen molar-refractivity contribution in [2.75, 3.05) is 13.7 Å². The highest BCUT2D eigenvalue weighted by atomic mass is 16.7. The fourth-order valence-electron chi connectivity index (χ4n) is 3.04. The van der Waals surface area contributed by atoms with Crippen molar-refractivity contribution >= 4 is 0 Å². The van der Waals surface area contributed by atoms with E-state index in [4.69, 9.17) is 18.9 Å². The van der Waals surface area contributed by atoms with Crippen molar-refractivity contribution in [3.8, 4) is 0 Å². The molecule has 6 nitrogen and oxygen atoms in total. The molecular formula is C21H26O6. The quantitative estimate of drug-likeness (QED) is 0.735. The van der Waals surface area contributed by atoms with Crippen LogP contribution in [0.2, 0.25) is 0 Å². The Hall–Kier alpha value is -1.80. The molecule has 0 spiro atoms. The lowest BCUT2D eigenvalue weighted by atomic mass is 9.99. The summed E-state index contributed by atoms with van der Waals surface area (Å²) in [6.07, 6.45) is -4.57. The van der Waals surface area contributed by atoms with Crippen molar-refractivity contribution in [1.29, 1.82) is 0 Å². The number of hydrogen-bond donors (Lipinski definition) is 2. The summed E-state index contributed by atoms with van der Waals surface area (Å²) in [5, 5.41) is 20.9. The molecule has 0 saturated carbocycles. The van der Waals surface area contributed by atoms with Gasteiger partial charge in [-0.2, -0.15) is 0 Å². The summed E-state index contributed by atoms with van der Waals surface area (Å²) in [5.41, 5.74) is 1.98. The molecule has 2 N–H and O–H groups in total. The predicted molar refractivity (Wildman–Crippen MR) is 98.8 cm³/mol. The zero-order valence-corrected chi connectivity index (χ0v) is 15.3. The van der Waals surface area contributed by atoms with Gasteiger partial charge in [-0.05, 0) is 11.1 Å². The first-order valence-electron chi connectivity index (χ1n) is 9.00. The second-order valence-corrected chi connectivity index (χ2v) is 6.52. The van der Waals surface area contributed by atoms with Crippen LogP contribution in [0.4, 0.5) is 0 Å². The van der Waals surface area contributed by atoms with Gasteiger partial charge in [-0.15, -0.1) is 0 Å². The summed E-state index contributed by atoms with van der Waals surface area (Å²) in [7, 11) is 1.48. The molecule has 1 aliphatic heterocycles. The van der Waals surface area contributed by atoms with Gasteiger partial charge in [0.25, 0.3) is 0 Å². The second-order valence-electron chi connectivity index (χ2n) is 6.52. The molecule has 0 aliphatic carbocycles. The van der Waals surface area contributed by atoms with Gasteiger partial charge < -0.3 is 29.2 Å². The summed E-state index contributed by atoms with van der Waals surface area (Å²) >= 11 is 0. The fraction of sp³-hybridized carbons (Fsp3) is 0.429. The lowest BCUT2D eigenvalue weighted by Gasteiger charge is -2.41. The van der Waals surface area contributed by atoms with E-state index in [-0.39, 0.29) is 13.2 Å². The standard InChI is InChI=1S/C21H26O6/c1-24-21-20(26-13-16-10-6-3-7-11-16)19(23)18(22)17(27-21)14-25-12-15-8-4-2-5-9-15/h2-11,17-23H,12-14H2,1H3/t17-,18+,19+,20-,21+/m1/s1. The predicted octanol–water partition coefficient (Wildman–Crippen LogP) is 1.88. The van der Waals surface area contributed by atoms with Gasteiger partial charge in [-0.3, -0.25) is 0 Å². The van der Waals surface area contributed by atoms with Crippen LogP contribution in [0.25, 0.3) is 0 Å². The van der Waals surface area contributed by atoms with Crippen LogP contribution in [0.15, 0.2) is 60.7 Å². The van der Waals surface area contributed by atoms with Crippen molar-refractivity contribution < 1.29 is 29.2 Å². The van der Waals surface area contributed by atoms with Gasteiger partial charge >= 0.3 is 0 Å². The molecule has 0 aromatic heterocycles. The van der Waals surface area contributed by atoms with Crippen LogP contribution in [0, 0.1) is 0 Å². The Labute approximate surface area is 159 Å². The number of rotatable bonds is 8. The van der Waals surface area contributed by atoms with Crippen LogP contribution in [0.1, 0.15) is 11.1 Å². The third-order valence-electron chi connectivity index (χ3n) is 4.56. The molecule has 1 aliphatic rings. The van der Waals surface area contributed by atoms with Crippen molar-refractivity contribution in [3.63, 3.8) is 0 Å². The third-order valence-corrected chi connectivity index (χ3v) is 4.56. The van der Waals surface area contributed by atoms with Crippen LogP contribution >= 0.6 is 0 Å². The van der Waals surface area contributed by atoms with Gasteiger partial charge in [0.2, 0.25) is 0 Å². The van der Waals surface area contributed by atoms with Crippen LogP contribution in [0.5, 0.6) is 0 Å². The highest BCUT2D eigenvalue weighted by Crippen LogP contribution is 2.25. The van der Waals surface area contributed by atoms with E-state index < -0.39 is 30.7 Å². The van der Waals surface area contributed by atoms with Gasteiger partial charge in [-0.1, -0.05) is 60.7 Å². The number of aliphatic hydroxyl groups excluding tert-OH is 2. The summed E-state index contributed by atoms with van der Waals surface area (Å²) in [5.74, 6) is 0. The number of ether oxygens (including phenoxy) is 4. The molecule has 5 atom stereocenters. The van der Waals surface area contributed by atoms with E-state index in [1.54, 1.807) is 0 Å². The summed E-state index contributed by atoms with van der Waals surface area (Å²) in [4.78, 5) is 0. The maximum Gasteiger partial charge on any atom is 0.186 e. The molecule has 1 fully saturated rings. The molecule has 3 rings (SSSR count). The van der Waals surface area contributed by atoms with Gasteiger partial charge in [0.05, 0.1) is 19.8 Å². The number of aliphatic hydroxyl groups is 2. The Bertz CT molecular complexity index is 661. The van der Waals surface area contributed by atoms with Gasteiger partial charge in [0.15, 0.2) is 6.29 Å². The molecule has 0 unspecified atom stereocenters. The zero-order chi connectivity index (χ0) is 19.1. The second kappa shape index (κ2) is 9.94. The highest BCUT2D eigenvalue weighted by Gasteiger charge is 2.45. The fourth-order valence-corrected chi connectivity index (χ4v) is 3.04.